The zero-order chi connectivity index (χ0) is 12.5. The molecule has 0 amide bonds. The summed E-state index contributed by atoms with van der Waals surface area (Å²) < 4.78 is 2.42. The third-order valence-corrected chi connectivity index (χ3v) is 3.59. The van der Waals surface area contributed by atoms with E-state index in [-0.39, 0.29) is 0 Å². The highest BCUT2D eigenvalue weighted by Crippen LogP contribution is 2.06. The molecule has 0 aromatic carbocycles. The third-order valence-electron chi connectivity index (χ3n) is 3.59. The van der Waals surface area contributed by atoms with E-state index in [0.29, 0.717) is 0 Å². The predicted molar refractivity (Wildman–Crippen MR) is 74.1 cm³/mol. The Morgan fingerprint density at radius 2 is 1.71 bits per heavy atom. The molecular weight excluding hydrogens is 206 g/mol. The third kappa shape index (κ3) is 4.89. The molecule has 96 valence electrons. The number of aryl methyl sites for hydroxylation is 2. The molecule has 0 bridgehead atoms. The van der Waals surface area contributed by atoms with Crippen LogP contribution in [0.3, 0.4) is 0 Å². The topological polar surface area (TPSA) is 3.88 Å². The molecule has 17 heavy (non-hydrogen) atoms. The lowest BCUT2D eigenvalue weighted by Gasteiger charge is -2.04. The van der Waals surface area contributed by atoms with Crippen molar-refractivity contribution in [2.45, 2.75) is 72.3 Å². The Labute approximate surface area is 107 Å². The van der Waals surface area contributed by atoms with Crippen LogP contribution in [-0.4, -0.2) is 0 Å². The van der Waals surface area contributed by atoms with Gasteiger partial charge in [0.15, 0.2) is 11.9 Å². The normalized spacial score (nSPS) is 10.8. The quantitative estimate of drug-likeness (QED) is 0.469. The van der Waals surface area contributed by atoms with Crippen LogP contribution in [0.5, 0.6) is 0 Å². The molecule has 1 aromatic heterocycles. The molecule has 0 aliphatic heterocycles. The Morgan fingerprint density at radius 1 is 1.00 bits per heavy atom. The van der Waals surface area contributed by atoms with Crippen molar-refractivity contribution in [3.63, 3.8) is 0 Å². The molecule has 0 saturated heterocycles. The molecule has 1 aromatic rings. The van der Waals surface area contributed by atoms with Crippen LogP contribution in [0.25, 0.3) is 0 Å². The van der Waals surface area contributed by atoms with Crippen LogP contribution in [0.1, 0.15) is 63.6 Å². The van der Waals surface area contributed by atoms with E-state index in [1.54, 1.807) is 0 Å². The largest absolute Gasteiger partial charge is 0.202 e. The van der Waals surface area contributed by atoms with Crippen molar-refractivity contribution < 1.29 is 4.57 Å². The summed E-state index contributed by atoms with van der Waals surface area (Å²) >= 11 is 0. The van der Waals surface area contributed by atoms with E-state index >= 15 is 0 Å². The Kier molecular flexibility index (Phi) is 6.91. The molecule has 1 rings (SSSR count). The SMILES string of the molecule is CCCCCCCC[n+]1cccc(CC)c1C. The van der Waals surface area contributed by atoms with E-state index < -0.39 is 0 Å². The van der Waals surface area contributed by atoms with Gasteiger partial charge < -0.3 is 0 Å². The highest BCUT2D eigenvalue weighted by Gasteiger charge is 2.08. The fourth-order valence-corrected chi connectivity index (χ4v) is 2.36. The van der Waals surface area contributed by atoms with Crippen LogP contribution in [0.4, 0.5) is 0 Å². The summed E-state index contributed by atoms with van der Waals surface area (Å²) in [6.45, 7) is 7.94. The molecule has 1 nitrogen and oxygen atoms in total. The summed E-state index contributed by atoms with van der Waals surface area (Å²) in [5, 5.41) is 0. The van der Waals surface area contributed by atoms with E-state index in [1.807, 2.05) is 0 Å². The van der Waals surface area contributed by atoms with Gasteiger partial charge in [0.1, 0.15) is 6.54 Å². The molecule has 1 heteroatoms. The summed E-state index contributed by atoms with van der Waals surface area (Å²) in [6, 6.07) is 4.43. The second-order valence-corrected chi connectivity index (χ2v) is 4.93. The highest BCUT2D eigenvalue weighted by molar-refractivity contribution is 5.13. The lowest BCUT2D eigenvalue weighted by Crippen LogP contribution is -2.37. The monoisotopic (exact) mass is 234 g/mol. The average molecular weight is 234 g/mol. The van der Waals surface area contributed by atoms with Crippen LogP contribution >= 0.6 is 0 Å². The van der Waals surface area contributed by atoms with Crippen molar-refractivity contribution in [3.8, 4) is 0 Å². The molecule has 0 unspecified atom stereocenters. The maximum Gasteiger partial charge on any atom is 0.181 e. The van der Waals surface area contributed by atoms with Crippen molar-refractivity contribution in [1.29, 1.82) is 0 Å². The summed E-state index contributed by atoms with van der Waals surface area (Å²) in [7, 11) is 0. The molecule has 0 atom stereocenters. The van der Waals surface area contributed by atoms with Crippen molar-refractivity contribution in [2.75, 3.05) is 0 Å². The van der Waals surface area contributed by atoms with Crippen LogP contribution in [0, 0.1) is 6.92 Å². The second kappa shape index (κ2) is 8.27. The first-order valence-electron chi connectivity index (χ1n) is 7.27. The van der Waals surface area contributed by atoms with Gasteiger partial charge in [-0.3, -0.25) is 0 Å². The fraction of sp³-hybridized carbons (Fsp3) is 0.688. The van der Waals surface area contributed by atoms with Crippen LogP contribution in [0.2, 0.25) is 0 Å². The molecule has 0 spiro atoms. The number of nitrogens with zero attached hydrogens (tertiary/aromatic N) is 1. The molecule has 0 fully saturated rings. The summed E-state index contributed by atoms with van der Waals surface area (Å²) in [5.74, 6) is 0. The van der Waals surface area contributed by atoms with Gasteiger partial charge in [-0.25, -0.2) is 4.57 Å². The van der Waals surface area contributed by atoms with Crippen molar-refractivity contribution >= 4 is 0 Å². The maximum atomic E-state index is 2.42. The van der Waals surface area contributed by atoms with Crippen molar-refractivity contribution in [2.24, 2.45) is 0 Å². The summed E-state index contributed by atoms with van der Waals surface area (Å²) in [6.07, 6.45) is 11.6. The van der Waals surface area contributed by atoms with Gasteiger partial charge in [-0.15, -0.1) is 0 Å². The molecular formula is C16H28N+. The van der Waals surface area contributed by atoms with E-state index in [4.69, 9.17) is 0 Å². The van der Waals surface area contributed by atoms with Gasteiger partial charge in [0.25, 0.3) is 0 Å². The molecule has 0 radical (unpaired) electrons. The van der Waals surface area contributed by atoms with Crippen molar-refractivity contribution in [1.82, 2.24) is 0 Å². The van der Waals surface area contributed by atoms with Gasteiger partial charge >= 0.3 is 0 Å². The standard InChI is InChI=1S/C16H28N/c1-4-6-7-8-9-10-13-17-14-11-12-16(5-2)15(17)3/h11-12,14H,4-10,13H2,1-3H3/q+1. The minimum Gasteiger partial charge on any atom is -0.202 e. The van der Waals surface area contributed by atoms with Crippen LogP contribution < -0.4 is 4.57 Å². The predicted octanol–water partition coefficient (Wildman–Crippen LogP) is 4.21. The lowest BCUT2D eigenvalue weighted by molar-refractivity contribution is -0.703. The van der Waals surface area contributed by atoms with E-state index in [2.05, 4.69) is 43.7 Å². The van der Waals surface area contributed by atoms with Gasteiger partial charge in [-0.05, 0) is 18.9 Å². The van der Waals surface area contributed by atoms with E-state index in [9.17, 15) is 0 Å². The van der Waals surface area contributed by atoms with E-state index in [0.717, 1.165) is 6.42 Å². The second-order valence-electron chi connectivity index (χ2n) is 4.93. The Morgan fingerprint density at radius 3 is 2.41 bits per heavy atom. The number of unbranched alkanes of at least 4 members (excludes halogenated alkanes) is 5. The minimum absolute atomic E-state index is 1.14. The number of rotatable bonds is 8. The summed E-state index contributed by atoms with van der Waals surface area (Å²) in [4.78, 5) is 0. The average Bonchev–Trinajstić information content (AvgIpc) is 2.35. The van der Waals surface area contributed by atoms with Crippen LogP contribution in [-0.2, 0) is 13.0 Å². The molecule has 0 aliphatic carbocycles. The molecule has 0 saturated carbocycles. The Hall–Kier alpha value is -0.850. The first-order chi connectivity index (χ1) is 8.29. The molecule has 0 aliphatic rings. The van der Waals surface area contributed by atoms with E-state index in [1.165, 1.54) is 56.3 Å². The highest BCUT2D eigenvalue weighted by atomic mass is 14.9. The first kappa shape index (κ1) is 14.2. The number of hydrogen-bond acceptors (Lipinski definition) is 0. The zero-order valence-electron chi connectivity index (χ0n) is 11.8. The number of hydrogen-bond donors (Lipinski definition) is 0. The number of aromatic nitrogens is 1. The fourth-order valence-electron chi connectivity index (χ4n) is 2.36. The van der Waals surface area contributed by atoms with Crippen LogP contribution in [0.15, 0.2) is 18.3 Å². The van der Waals surface area contributed by atoms with Gasteiger partial charge in [0, 0.05) is 25.0 Å². The van der Waals surface area contributed by atoms with Gasteiger partial charge in [-0.1, -0.05) is 39.5 Å². The van der Waals surface area contributed by atoms with Gasteiger partial charge in [0.05, 0.1) is 0 Å². The van der Waals surface area contributed by atoms with Gasteiger partial charge in [-0.2, -0.15) is 0 Å². The first-order valence-corrected chi connectivity index (χ1v) is 7.27. The molecule has 0 N–H and O–H groups in total. The summed E-state index contributed by atoms with van der Waals surface area (Å²) in [5.41, 5.74) is 2.93. The lowest BCUT2D eigenvalue weighted by atomic mass is 10.1. The van der Waals surface area contributed by atoms with Crippen molar-refractivity contribution in [3.05, 3.63) is 29.6 Å². The minimum atomic E-state index is 1.14. The molecule has 1 heterocycles. The van der Waals surface area contributed by atoms with Gasteiger partial charge in [0.2, 0.25) is 0 Å². The zero-order valence-corrected chi connectivity index (χ0v) is 11.8. The number of pyridine rings is 1. The smallest absolute Gasteiger partial charge is 0.181 e. The Balaban J connectivity index is 2.31. The Bertz CT molecular complexity index is 317. The maximum absolute atomic E-state index is 2.42.